The molecule has 0 radical (unpaired) electrons. The maximum atomic E-state index is 5.83. The van der Waals surface area contributed by atoms with Crippen molar-refractivity contribution < 1.29 is 9.47 Å². The number of benzene rings is 3. The van der Waals surface area contributed by atoms with Crippen LogP contribution in [0.25, 0.3) is 10.9 Å². The number of hydrogen-bond donors (Lipinski definition) is 1. The largest absolute Gasteiger partial charge is 0.493 e. The van der Waals surface area contributed by atoms with Gasteiger partial charge >= 0.3 is 0 Å². The van der Waals surface area contributed by atoms with E-state index in [4.69, 9.17) is 19.5 Å². The number of aryl methyl sites for hydroxylation is 1. The van der Waals surface area contributed by atoms with E-state index < -0.39 is 0 Å². The van der Waals surface area contributed by atoms with Crippen LogP contribution in [0, 0.1) is 6.92 Å². The minimum absolute atomic E-state index is 0.513. The van der Waals surface area contributed by atoms with E-state index in [1.807, 2.05) is 73.7 Å². The summed E-state index contributed by atoms with van der Waals surface area (Å²) >= 11 is 7.28. The summed E-state index contributed by atoms with van der Waals surface area (Å²) in [6, 6.07) is 21.7. The summed E-state index contributed by atoms with van der Waals surface area (Å²) in [4.78, 5) is 9.70. The number of rotatable bonds is 9. The van der Waals surface area contributed by atoms with Gasteiger partial charge < -0.3 is 9.47 Å². The van der Waals surface area contributed by atoms with Crippen LogP contribution in [-0.4, -0.2) is 30.8 Å². The lowest BCUT2D eigenvalue weighted by Crippen LogP contribution is -2.20. The fourth-order valence-corrected chi connectivity index (χ4v) is 5.22. The van der Waals surface area contributed by atoms with Crippen LogP contribution in [0.4, 0.5) is 5.69 Å². The molecule has 3 aromatic carbocycles. The molecule has 4 aromatic rings. The molecule has 4 rings (SSSR count). The summed E-state index contributed by atoms with van der Waals surface area (Å²) in [5.41, 5.74) is 7.37. The molecule has 0 aliphatic rings. The quantitative estimate of drug-likeness (QED) is 0.0889. The Kier molecular flexibility index (Phi) is 9.30. The van der Waals surface area contributed by atoms with Crippen LogP contribution in [0.2, 0.25) is 0 Å². The zero-order valence-electron chi connectivity index (χ0n) is 21.0. The zero-order chi connectivity index (χ0) is 26.2. The molecular weight excluding hydrogens is 596 g/mol. The van der Waals surface area contributed by atoms with Crippen molar-refractivity contribution in [1.29, 1.82) is 0 Å². The fourth-order valence-electron chi connectivity index (χ4n) is 3.63. The highest BCUT2D eigenvalue weighted by molar-refractivity contribution is 9.11. The van der Waals surface area contributed by atoms with E-state index in [-0.39, 0.29) is 0 Å². The number of para-hydroxylation sites is 1. The number of aromatic nitrogens is 1. The number of aliphatic imine (C=N–C) groups is 1. The topological polar surface area (TPSA) is 68.1 Å². The van der Waals surface area contributed by atoms with Crippen molar-refractivity contribution in [1.82, 2.24) is 10.4 Å². The van der Waals surface area contributed by atoms with Gasteiger partial charge in [-0.2, -0.15) is 5.10 Å². The average Bonchev–Trinajstić information content (AvgIpc) is 2.90. The number of pyridine rings is 1. The molecule has 0 fully saturated rings. The Hall–Kier alpha value is -3.23. The zero-order valence-corrected chi connectivity index (χ0v) is 24.1. The molecule has 8 heteroatoms. The molecule has 190 valence electrons. The molecule has 0 aliphatic heterocycles. The Balaban J connectivity index is 1.65. The third-order valence-electron chi connectivity index (χ3n) is 5.55. The van der Waals surface area contributed by atoms with Crippen LogP contribution in [0.15, 0.2) is 85.8 Å². The molecule has 1 N–H and O–H groups in total. The Morgan fingerprint density at radius 2 is 1.78 bits per heavy atom. The van der Waals surface area contributed by atoms with Crippen molar-refractivity contribution >= 4 is 60.5 Å². The number of hydrogen-bond acceptors (Lipinski definition) is 5. The monoisotopic (exact) mass is 622 g/mol. The van der Waals surface area contributed by atoms with Crippen LogP contribution in [0.5, 0.6) is 11.5 Å². The second-order valence-electron chi connectivity index (χ2n) is 8.41. The van der Waals surface area contributed by atoms with Gasteiger partial charge in [0.15, 0.2) is 17.3 Å². The van der Waals surface area contributed by atoms with Gasteiger partial charge in [-0.25, -0.2) is 9.98 Å². The molecule has 0 saturated carbocycles. The van der Waals surface area contributed by atoms with E-state index in [1.54, 1.807) is 13.3 Å². The first-order valence-corrected chi connectivity index (χ1v) is 13.6. The number of fused-ring (bicyclic) bond motifs is 1. The normalized spacial score (nSPS) is 11.8. The molecule has 0 spiro atoms. The number of amidine groups is 1. The van der Waals surface area contributed by atoms with Crippen LogP contribution >= 0.6 is 31.9 Å². The van der Waals surface area contributed by atoms with Gasteiger partial charge in [0.2, 0.25) is 0 Å². The maximum Gasteiger partial charge on any atom is 0.173 e. The number of methoxy groups -OCH3 is 1. The summed E-state index contributed by atoms with van der Waals surface area (Å²) in [6.07, 6.45) is 3.78. The average molecular weight is 624 g/mol. The second-order valence-corrected chi connectivity index (χ2v) is 10.1. The van der Waals surface area contributed by atoms with E-state index in [2.05, 4.69) is 49.3 Å². The third kappa shape index (κ3) is 6.96. The van der Waals surface area contributed by atoms with Gasteiger partial charge in [0.05, 0.1) is 31.1 Å². The molecule has 37 heavy (non-hydrogen) atoms. The highest BCUT2D eigenvalue weighted by Crippen LogP contribution is 2.35. The van der Waals surface area contributed by atoms with E-state index in [1.165, 1.54) is 0 Å². The van der Waals surface area contributed by atoms with E-state index in [0.717, 1.165) is 55.3 Å². The third-order valence-corrected chi connectivity index (χ3v) is 6.76. The number of nitrogens with one attached hydrogen (secondary N) is 1. The number of hydrazone groups is 1. The van der Waals surface area contributed by atoms with Gasteiger partial charge in [0, 0.05) is 14.3 Å². The molecule has 6 nitrogen and oxygen atoms in total. The van der Waals surface area contributed by atoms with Crippen molar-refractivity contribution in [3.63, 3.8) is 0 Å². The lowest BCUT2D eigenvalue weighted by Gasteiger charge is -2.11. The molecule has 0 saturated heterocycles. The number of nitrogens with zero attached hydrogens (tertiary/aromatic N) is 3. The Morgan fingerprint density at radius 1 is 1.00 bits per heavy atom. The number of halogens is 2. The predicted molar refractivity (Wildman–Crippen MR) is 159 cm³/mol. The predicted octanol–water partition coefficient (Wildman–Crippen LogP) is 7.96. The first-order chi connectivity index (χ1) is 18.0. The van der Waals surface area contributed by atoms with E-state index in [9.17, 15) is 0 Å². The Bertz CT molecular complexity index is 1430. The molecular formula is C29H28Br2N4O2. The molecule has 0 atom stereocenters. The lowest BCUT2D eigenvalue weighted by atomic mass is 10.2. The smallest absolute Gasteiger partial charge is 0.173 e. The highest BCUT2D eigenvalue weighted by atomic mass is 79.9. The van der Waals surface area contributed by atoms with Crippen LogP contribution in [0.1, 0.15) is 36.6 Å². The van der Waals surface area contributed by atoms with Gasteiger partial charge in [-0.3, -0.25) is 5.43 Å². The van der Waals surface area contributed by atoms with Crippen molar-refractivity contribution in [2.24, 2.45) is 10.1 Å². The van der Waals surface area contributed by atoms with Gasteiger partial charge in [-0.15, -0.1) is 0 Å². The van der Waals surface area contributed by atoms with Crippen molar-refractivity contribution in [3.8, 4) is 11.5 Å². The standard InChI is InChI=1S/C29H28Br2N4O2/c1-4-5-14-37-26-13-10-20(17-27(26)36-3)18-32-35-29(34-28-22(30)15-19(2)16-23(28)31)25-12-11-21-8-6-7-9-24(21)33-25/h6-13,15-18H,4-5,14H2,1-3H3,(H,34,35)/b32-18+. The van der Waals surface area contributed by atoms with Gasteiger partial charge in [0.1, 0.15) is 5.69 Å². The van der Waals surface area contributed by atoms with Crippen molar-refractivity contribution in [2.75, 3.05) is 13.7 Å². The second kappa shape index (κ2) is 12.8. The van der Waals surface area contributed by atoms with Crippen LogP contribution in [0.3, 0.4) is 0 Å². The Morgan fingerprint density at radius 3 is 2.54 bits per heavy atom. The lowest BCUT2D eigenvalue weighted by molar-refractivity contribution is 0.288. The van der Waals surface area contributed by atoms with Crippen LogP contribution < -0.4 is 14.9 Å². The maximum absolute atomic E-state index is 5.83. The fraction of sp³-hybridized carbons (Fsp3) is 0.207. The minimum atomic E-state index is 0.513. The summed E-state index contributed by atoms with van der Waals surface area (Å²) in [7, 11) is 1.63. The van der Waals surface area contributed by atoms with E-state index in [0.29, 0.717) is 23.9 Å². The van der Waals surface area contributed by atoms with Crippen LogP contribution in [-0.2, 0) is 0 Å². The minimum Gasteiger partial charge on any atom is -0.493 e. The number of ether oxygens (including phenoxy) is 2. The highest BCUT2D eigenvalue weighted by Gasteiger charge is 2.11. The molecule has 0 bridgehead atoms. The van der Waals surface area contributed by atoms with E-state index >= 15 is 0 Å². The van der Waals surface area contributed by atoms with Crippen molar-refractivity contribution in [3.05, 3.63) is 92.5 Å². The first kappa shape index (κ1) is 26.8. The summed E-state index contributed by atoms with van der Waals surface area (Å²) in [5.74, 6) is 1.90. The summed E-state index contributed by atoms with van der Waals surface area (Å²) < 4.78 is 13.1. The first-order valence-electron chi connectivity index (χ1n) is 12.0. The number of unbranched alkanes of at least 4 members (excludes halogenated alkanes) is 1. The Labute approximate surface area is 234 Å². The molecule has 0 unspecified atom stereocenters. The van der Waals surface area contributed by atoms with Gasteiger partial charge in [-0.1, -0.05) is 37.6 Å². The molecule has 1 aromatic heterocycles. The van der Waals surface area contributed by atoms with Gasteiger partial charge in [-0.05, 0) is 98.8 Å². The van der Waals surface area contributed by atoms with Gasteiger partial charge in [0.25, 0.3) is 0 Å². The summed E-state index contributed by atoms with van der Waals surface area (Å²) in [6.45, 7) is 4.82. The SMILES string of the molecule is CCCCOc1ccc(/C=N/NC(=Nc2c(Br)cc(C)cc2Br)c2ccc3ccccc3n2)cc1OC. The molecule has 0 aliphatic carbocycles. The molecule has 0 amide bonds. The summed E-state index contributed by atoms with van der Waals surface area (Å²) in [5, 5.41) is 5.53. The molecule has 1 heterocycles. The van der Waals surface area contributed by atoms with Crippen molar-refractivity contribution in [2.45, 2.75) is 26.7 Å².